The molecular weight excluding hydrogens is 324 g/mol. The molecule has 0 unspecified atom stereocenters. The molecule has 128 valence electrons. The van der Waals surface area contributed by atoms with Gasteiger partial charge in [0, 0.05) is 23.2 Å². The molecule has 1 heterocycles. The number of benzene rings is 1. The van der Waals surface area contributed by atoms with Gasteiger partial charge in [-0.2, -0.15) is 5.10 Å². The molecule has 1 atom stereocenters. The van der Waals surface area contributed by atoms with Gasteiger partial charge < -0.3 is 10.6 Å². The van der Waals surface area contributed by atoms with E-state index in [1.54, 1.807) is 12.1 Å². The van der Waals surface area contributed by atoms with Crippen molar-refractivity contribution in [2.45, 2.75) is 39.4 Å². The van der Waals surface area contributed by atoms with Crippen LogP contribution in [0.2, 0.25) is 0 Å². The Morgan fingerprint density at radius 2 is 1.96 bits per heavy atom. The molecule has 6 nitrogen and oxygen atoms in total. The summed E-state index contributed by atoms with van der Waals surface area (Å²) >= 11 is 1.23. The van der Waals surface area contributed by atoms with Gasteiger partial charge in [-0.25, -0.2) is 0 Å². The lowest BCUT2D eigenvalue weighted by Crippen LogP contribution is -2.28. The van der Waals surface area contributed by atoms with E-state index >= 15 is 0 Å². The Morgan fingerprint density at radius 3 is 2.58 bits per heavy atom. The SMILES string of the molecule is CC(=NN=C1NC(=O)[C@@H](CC(=O)Nc2ccccc2)S1)C(C)(C)C. The van der Waals surface area contributed by atoms with Crippen molar-refractivity contribution in [3.8, 4) is 0 Å². The highest BCUT2D eigenvalue weighted by Gasteiger charge is 2.32. The molecule has 1 aromatic carbocycles. The van der Waals surface area contributed by atoms with Gasteiger partial charge in [0.05, 0.1) is 0 Å². The van der Waals surface area contributed by atoms with Crippen molar-refractivity contribution < 1.29 is 9.59 Å². The lowest BCUT2D eigenvalue weighted by molar-refractivity contribution is -0.122. The van der Waals surface area contributed by atoms with Crippen LogP contribution in [0.4, 0.5) is 5.69 Å². The van der Waals surface area contributed by atoms with Crippen molar-refractivity contribution in [3.05, 3.63) is 30.3 Å². The first-order valence-corrected chi connectivity index (χ1v) is 8.59. The number of carbonyl (C=O) groups excluding carboxylic acids is 2. The molecule has 1 saturated heterocycles. The van der Waals surface area contributed by atoms with Gasteiger partial charge in [-0.15, -0.1) is 5.10 Å². The van der Waals surface area contributed by atoms with E-state index < -0.39 is 5.25 Å². The van der Waals surface area contributed by atoms with Gasteiger partial charge in [-0.05, 0) is 19.1 Å². The predicted octanol–water partition coefficient (Wildman–Crippen LogP) is 3.02. The maximum absolute atomic E-state index is 12.0. The molecule has 0 aromatic heterocycles. The van der Waals surface area contributed by atoms with Crippen LogP contribution in [0.25, 0.3) is 0 Å². The van der Waals surface area contributed by atoms with Gasteiger partial charge in [0.2, 0.25) is 11.8 Å². The number of thioether (sulfide) groups is 1. The number of hydrogen-bond donors (Lipinski definition) is 2. The maximum Gasteiger partial charge on any atom is 0.240 e. The fraction of sp³-hybridized carbons (Fsp3) is 0.412. The highest BCUT2D eigenvalue weighted by molar-refractivity contribution is 8.15. The van der Waals surface area contributed by atoms with Gasteiger partial charge >= 0.3 is 0 Å². The summed E-state index contributed by atoms with van der Waals surface area (Å²) in [6.45, 7) is 8.03. The number of para-hydroxylation sites is 1. The number of nitrogens with zero attached hydrogens (tertiary/aromatic N) is 2. The fourth-order valence-electron chi connectivity index (χ4n) is 1.76. The Labute approximate surface area is 146 Å². The third-order valence-corrected chi connectivity index (χ3v) is 4.65. The van der Waals surface area contributed by atoms with Crippen LogP contribution in [0, 0.1) is 5.41 Å². The number of rotatable bonds is 4. The largest absolute Gasteiger partial charge is 0.326 e. The van der Waals surface area contributed by atoms with E-state index in [1.165, 1.54) is 11.8 Å². The van der Waals surface area contributed by atoms with Crippen LogP contribution in [0.5, 0.6) is 0 Å². The Bertz CT molecular complexity index is 678. The van der Waals surface area contributed by atoms with E-state index in [9.17, 15) is 9.59 Å². The smallest absolute Gasteiger partial charge is 0.240 e. The summed E-state index contributed by atoms with van der Waals surface area (Å²) in [6.07, 6.45) is 0.0897. The summed E-state index contributed by atoms with van der Waals surface area (Å²) in [7, 11) is 0. The van der Waals surface area contributed by atoms with Crippen molar-refractivity contribution in [1.82, 2.24) is 5.32 Å². The second kappa shape index (κ2) is 7.61. The second-order valence-corrected chi connectivity index (χ2v) is 7.75. The molecule has 0 aliphatic carbocycles. The Kier molecular flexibility index (Phi) is 5.77. The lowest BCUT2D eigenvalue weighted by atomic mass is 9.91. The van der Waals surface area contributed by atoms with Crippen LogP contribution in [-0.2, 0) is 9.59 Å². The van der Waals surface area contributed by atoms with Crippen molar-refractivity contribution in [2.75, 3.05) is 5.32 Å². The summed E-state index contributed by atoms with van der Waals surface area (Å²) in [5.41, 5.74) is 1.51. The van der Waals surface area contributed by atoms with Gasteiger partial charge in [0.1, 0.15) is 5.25 Å². The third-order valence-electron chi connectivity index (χ3n) is 3.58. The van der Waals surface area contributed by atoms with Gasteiger partial charge in [-0.3, -0.25) is 9.59 Å². The van der Waals surface area contributed by atoms with E-state index in [2.05, 4.69) is 20.8 Å². The van der Waals surface area contributed by atoms with E-state index in [0.717, 1.165) is 5.71 Å². The molecule has 1 fully saturated rings. The average Bonchev–Trinajstić information content (AvgIpc) is 2.84. The molecule has 0 spiro atoms. The molecule has 0 radical (unpaired) electrons. The van der Waals surface area contributed by atoms with Crippen molar-refractivity contribution in [2.24, 2.45) is 15.6 Å². The third kappa shape index (κ3) is 5.19. The first-order chi connectivity index (χ1) is 11.3. The zero-order chi connectivity index (χ0) is 17.7. The molecule has 1 aromatic rings. The lowest BCUT2D eigenvalue weighted by Gasteiger charge is -2.16. The second-order valence-electron chi connectivity index (χ2n) is 6.55. The summed E-state index contributed by atoms with van der Waals surface area (Å²) < 4.78 is 0. The van der Waals surface area contributed by atoms with Crippen molar-refractivity contribution in [3.63, 3.8) is 0 Å². The number of amides is 2. The Hall–Kier alpha value is -2.15. The van der Waals surface area contributed by atoms with E-state index in [1.807, 2.05) is 45.9 Å². The van der Waals surface area contributed by atoms with E-state index in [0.29, 0.717) is 10.9 Å². The summed E-state index contributed by atoms with van der Waals surface area (Å²) in [5, 5.41) is 13.6. The quantitative estimate of drug-likeness (QED) is 0.649. The summed E-state index contributed by atoms with van der Waals surface area (Å²) in [5.74, 6) is -0.421. The molecule has 2 rings (SSSR count). The fourth-order valence-corrected chi connectivity index (χ4v) is 2.68. The van der Waals surface area contributed by atoms with E-state index in [4.69, 9.17) is 0 Å². The molecule has 0 bridgehead atoms. The average molecular weight is 346 g/mol. The monoisotopic (exact) mass is 346 g/mol. The molecule has 0 saturated carbocycles. The molecule has 1 aliphatic heterocycles. The maximum atomic E-state index is 12.0. The molecular formula is C17H22N4O2S. The Balaban J connectivity index is 1.94. The minimum atomic E-state index is -0.488. The highest BCUT2D eigenvalue weighted by atomic mass is 32.2. The number of anilines is 1. The van der Waals surface area contributed by atoms with Crippen molar-refractivity contribution >= 4 is 40.1 Å². The molecule has 2 N–H and O–H groups in total. The van der Waals surface area contributed by atoms with E-state index in [-0.39, 0.29) is 23.7 Å². The molecule has 1 aliphatic rings. The van der Waals surface area contributed by atoms with Gasteiger partial charge in [0.15, 0.2) is 5.17 Å². The molecule has 2 amide bonds. The number of carbonyl (C=O) groups is 2. The van der Waals surface area contributed by atoms with Crippen LogP contribution >= 0.6 is 11.8 Å². The Morgan fingerprint density at radius 1 is 1.29 bits per heavy atom. The van der Waals surface area contributed by atoms with Crippen LogP contribution in [0.1, 0.15) is 34.1 Å². The van der Waals surface area contributed by atoms with Gasteiger partial charge in [0.25, 0.3) is 0 Å². The number of amidine groups is 1. The van der Waals surface area contributed by atoms with Crippen LogP contribution in [0.15, 0.2) is 40.5 Å². The standard InChI is InChI=1S/C17H22N4O2S/c1-11(17(2,3)4)20-21-16-19-15(23)13(24-16)10-14(22)18-12-8-6-5-7-9-12/h5-9,13H,10H2,1-4H3,(H,18,22)(H,19,21,23)/t13-/m1/s1. The molecule has 7 heteroatoms. The zero-order valence-corrected chi connectivity index (χ0v) is 15.1. The van der Waals surface area contributed by atoms with Crippen LogP contribution < -0.4 is 10.6 Å². The predicted molar refractivity (Wildman–Crippen MR) is 99.2 cm³/mol. The number of hydrogen-bond acceptors (Lipinski definition) is 5. The summed E-state index contributed by atoms with van der Waals surface area (Å²) in [4.78, 5) is 24.0. The van der Waals surface area contributed by atoms with Crippen LogP contribution in [-0.4, -0.2) is 27.9 Å². The minimum absolute atomic E-state index is 0.0771. The van der Waals surface area contributed by atoms with Crippen molar-refractivity contribution in [1.29, 1.82) is 0 Å². The van der Waals surface area contributed by atoms with Crippen LogP contribution in [0.3, 0.4) is 0 Å². The zero-order valence-electron chi connectivity index (χ0n) is 14.3. The first kappa shape index (κ1) is 18.2. The topological polar surface area (TPSA) is 82.9 Å². The highest BCUT2D eigenvalue weighted by Crippen LogP contribution is 2.23. The molecule has 24 heavy (non-hydrogen) atoms. The normalized spacial score (nSPS) is 20.2. The van der Waals surface area contributed by atoms with Gasteiger partial charge in [-0.1, -0.05) is 50.7 Å². The first-order valence-electron chi connectivity index (χ1n) is 7.71. The summed E-state index contributed by atoms with van der Waals surface area (Å²) in [6, 6.07) is 9.16. The minimum Gasteiger partial charge on any atom is -0.326 e. The number of nitrogens with one attached hydrogen (secondary N) is 2.